The highest BCUT2D eigenvalue weighted by Crippen LogP contribution is 2.22. The van der Waals surface area contributed by atoms with Crippen molar-refractivity contribution in [3.8, 4) is 11.4 Å². The fourth-order valence-corrected chi connectivity index (χ4v) is 1.44. The molecule has 17 heavy (non-hydrogen) atoms. The highest BCUT2D eigenvalue weighted by atomic mass is 16.5. The molecule has 0 unspecified atom stereocenters. The molecule has 0 saturated heterocycles. The monoisotopic (exact) mass is 234 g/mol. The Morgan fingerprint density at radius 1 is 1.29 bits per heavy atom. The lowest BCUT2D eigenvalue weighted by Gasteiger charge is -2.11. The molecule has 1 heterocycles. The molecule has 6 nitrogen and oxygen atoms in total. The summed E-state index contributed by atoms with van der Waals surface area (Å²) in [5, 5.41) is 11.1. The number of ether oxygens (including phenoxy) is 2. The molecule has 0 fully saturated rings. The fourth-order valence-electron chi connectivity index (χ4n) is 1.44. The fraction of sp³-hybridized carbons (Fsp3) is 0.364. The van der Waals surface area contributed by atoms with Crippen LogP contribution in [0.1, 0.15) is 5.56 Å². The molecule has 0 radical (unpaired) electrons. The van der Waals surface area contributed by atoms with Gasteiger partial charge in [0, 0.05) is 7.11 Å². The highest BCUT2D eigenvalue weighted by Gasteiger charge is 2.07. The number of benzene rings is 1. The maximum atomic E-state index is 5.61. The van der Waals surface area contributed by atoms with E-state index in [1.54, 1.807) is 11.8 Å². The van der Waals surface area contributed by atoms with Crippen molar-refractivity contribution in [2.45, 2.75) is 6.92 Å². The van der Waals surface area contributed by atoms with Crippen molar-refractivity contribution in [3.05, 3.63) is 30.1 Å². The lowest BCUT2D eigenvalue weighted by molar-refractivity contribution is 0.146. The first-order valence-electron chi connectivity index (χ1n) is 5.27. The van der Waals surface area contributed by atoms with E-state index < -0.39 is 0 Å². The molecule has 0 N–H and O–H groups in total. The molecule has 0 aliphatic heterocycles. The van der Waals surface area contributed by atoms with Crippen LogP contribution in [0.2, 0.25) is 0 Å². The second-order valence-electron chi connectivity index (χ2n) is 3.57. The van der Waals surface area contributed by atoms with E-state index in [1.165, 1.54) is 6.33 Å². The lowest BCUT2D eigenvalue weighted by Crippen LogP contribution is -2.07. The Morgan fingerprint density at radius 3 is 2.88 bits per heavy atom. The van der Waals surface area contributed by atoms with Crippen LogP contribution in [-0.4, -0.2) is 40.5 Å². The Labute approximate surface area is 99.2 Å². The average molecular weight is 234 g/mol. The van der Waals surface area contributed by atoms with Crippen molar-refractivity contribution < 1.29 is 9.47 Å². The predicted molar refractivity (Wildman–Crippen MR) is 61.3 cm³/mol. The normalized spacial score (nSPS) is 10.5. The van der Waals surface area contributed by atoms with Crippen LogP contribution in [0.5, 0.6) is 5.75 Å². The second-order valence-corrected chi connectivity index (χ2v) is 3.57. The van der Waals surface area contributed by atoms with E-state index >= 15 is 0 Å². The number of aromatic nitrogens is 4. The zero-order valence-corrected chi connectivity index (χ0v) is 9.83. The molecule has 0 aliphatic carbocycles. The topological polar surface area (TPSA) is 62.1 Å². The molecule has 0 aliphatic rings. The predicted octanol–water partition coefficient (Wildman–Crippen LogP) is 0.996. The van der Waals surface area contributed by atoms with E-state index in [-0.39, 0.29) is 0 Å². The smallest absolute Gasteiger partial charge is 0.145 e. The first kappa shape index (κ1) is 11.5. The van der Waals surface area contributed by atoms with E-state index in [0.717, 1.165) is 17.0 Å². The van der Waals surface area contributed by atoms with Crippen molar-refractivity contribution in [2.24, 2.45) is 0 Å². The summed E-state index contributed by atoms with van der Waals surface area (Å²) in [6, 6.07) is 5.86. The Bertz CT molecular complexity index is 470. The molecule has 0 saturated carbocycles. The first-order valence-corrected chi connectivity index (χ1v) is 5.27. The van der Waals surface area contributed by atoms with Crippen molar-refractivity contribution in [2.75, 3.05) is 20.3 Å². The van der Waals surface area contributed by atoms with Crippen LogP contribution in [0.3, 0.4) is 0 Å². The van der Waals surface area contributed by atoms with Crippen molar-refractivity contribution >= 4 is 0 Å². The maximum Gasteiger partial charge on any atom is 0.145 e. The summed E-state index contributed by atoms with van der Waals surface area (Å²) < 4.78 is 12.1. The third-order valence-electron chi connectivity index (χ3n) is 2.26. The van der Waals surface area contributed by atoms with Gasteiger partial charge in [-0.1, -0.05) is 6.07 Å². The van der Waals surface area contributed by atoms with Gasteiger partial charge in [0.15, 0.2) is 0 Å². The Kier molecular flexibility index (Phi) is 3.66. The van der Waals surface area contributed by atoms with Crippen molar-refractivity contribution in [1.82, 2.24) is 20.2 Å². The van der Waals surface area contributed by atoms with Crippen LogP contribution in [0.25, 0.3) is 5.69 Å². The van der Waals surface area contributed by atoms with Gasteiger partial charge in [0.2, 0.25) is 0 Å². The van der Waals surface area contributed by atoms with Gasteiger partial charge < -0.3 is 9.47 Å². The summed E-state index contributed by atoms with van der Waals surface area (Å²) in [5.41, 5.74) is 1.95. The summed E-state index contributed by atoms with van der Waals surface area (Å²) >= 11 is 0. The number of rotatable bonds is 5. The SMILES string of the molecule is COCCOc1ccc(C)cc1-n1cnnn1. The van der Waals surface area contributed by atoms with Gasteiger partial charge in [0.1, 0.15) is 24.4 Å². The van der Waals surface area contributed by atoms with Crippen LogP contribution in [0.4, 0.5) is 0 Å². The number of methoxy groups -OCH3 is 1. The number of aryl methyl sites for hydroxylation is 1. The maximum absolute atomic E-state index is 5.61. The molecule has 90 valence electrons. The van der Waals surface area contributed by atoms with E-state index in [0.29, 0.717) is 13.2 Å². The zero-order chi connectivity index (χ0) is 12.1. The molecule has 0 atom stereocenters. The Morgan fingerprint density at radius 2 is 2.18 bits per heavy atom. The molecule has 6 heteroatoms. The Hall–Kier alpha value is -1.95. The van der Waals surface area contributed by atoms with E-state index in [4.69, 9.17) is 9.47 Å². The zero-order valence-electron chi connectivity index (χ0n) is 9.83. The average Bonchev–Trinajstić information content (AvgIpc) is 2.85. The third kappa shape index (κ3) is 2.79. The quantitative estimate of drug-likeness (QED) is 0.722. The molecule has 1 aromatic carbocycles. The molecular formula is C11H14N4O2. The Balaban J connectivity index is 2.25. The van der Waals surface area contributed by atoms with Gasteiger partial charge in [0.25, 0.3) is 0 Å². The van der Waals surface area contributed by atoms with Gasteiger partial charge in [-0.2, -0.15) is 4.68 Å². The van der Waals surface area contributed by atoms with Crippen LogP contribution < -0.4 is 4.74 Å². The van der Waals surface area contributed by atoms with E-state index in [1.807, 2.05) is 25.1 Å². The van der Waals surface area contributed by atoms with E-state index in [9.17, 15) is 0 Å². The number of tetrazole rings is 1. The van der Waals surface area contributed by atoms with Crippen molar-refractivity contribution in [1.29, 1.82) is 0 Å². The highest BCUT2D eigenvalue weighted by molar-refractivity contribution is 5.47. The van der Waals surface area contributed by atoms with Crippen LogP contribution in [0.15, 0.2) is 24.5 Å². The third-order valence-corrected chi connectivity index (χ3v) is 2.26. The van der Waals surface area contributed by atoms with E-state index in [2.05, 4.69) is 15.5 Å². The van der Waals surface area contributed by atoms with Gasteiger partial charge >= 0.3 is 0 Å². The standard InChI is InChI=1S/C11H14N4O2/c1-9-3-4-11(17-6-5-16-2)10(7-9)15-8-12-13-14-15/h3-4,7-8H,5-6H2,1-2H3. The molecule has 2 rings (SSSR count). The largest absolute Gasteiger partial charge is 0.489 e. The summed E-state index contributed by atoms with van der Waals surface area (Å²) in [4.78, 5) is 0. The minimum atomic E-state index is 0.495. The van der Waals surface area contributed by atoms with Gasteiger partial charge in [-0.15, -0.1) is 5.10 Å². The molecule has 0 spiro atoms. The van der Waals surface area contributed by atoms with Crippen LogP contribution in [0, 0.1) is 6.92 Å². The number of hydrogen-bond acceptors (Lipinski definition) is 5. The lowest BCUT2D eigenvalue weighted by atomic mass is 10.2. The number of nitrogens with zero attached hydrogens (tertiary/aromatic N) is 4. The minimum Gasteiger partial charge on any atom is -0.489 e. The molecule has 0 amide bonds. The molecular weight excluding hydrogens is 220 g/mol. The minimum absolute atomic E-state index is 0.495. The molecule has 0 bridgehead atoms. The summed E-state index contributed by atoms with van der Waals surface area (Å²) in [6.45, 7) is 3.05. The summed E-state index contributed by atoms with van der Waals surface area (Å²) in [7, 11) is 1.64. The molecule has 1 aromatic heterocycles. The van der Waals surface area contributed by atoms with Gasteiger partial charge in [-0.05, 0) is 35.0 Å². The van der Waals surface area contributed by atoms with Crippen LogP contribution >= 0.6 is 0 Å². The molecule has 2 aromatic rings. The van der Waals surface area contributed by atoms with Gasteiger partial charge in [-0.25, -0.2) is 0 Å². The van der Waals surface area contributed by atoms with Gasteiger partial charge in [-0.3, -0.25) is 0 Å². The number of hydrogen-bond donors (Lipinski definition) is 0. The van der Waals surface area contributed by atoms with Crippen LogP contribution in [-0.2, 0) is 4.74 Å². The first-order chi connectivity index (χ1) is 8.31. The van der Waals surface area contributed by atoms with Gasteiger partial charge in [0.05, 0.1) is 6.61 Å². The van der Waals surface area contributed by atoms with Crippen molar-refractivity contribution in [3.63, 3.8) is 0 Å². The second kappa shape index (κ2) is 5.40. The summed E-state index contributed by atoms with van der Waals surface area (Å²) in [6.07, 6.45) is 1.54. The summed E-state index contributed by atoms with van der Waals surface area (Å²) in [5.74, 6) is 0.736.